The maximum Gasteiger partial charge on any atom is 0.337 e. The van der Waals surface area contributed by atoms with E-state index in [1.807, 2.05) is 18.3 Å². The van der Waals surface area contributed by atoms with E-state index in [-0.39, 0.29) is 5.97 Å². The lowest BCUT2D eigenvalue weighted by Gasteiger charge is -2.05. The van der Waals surface area contributed by atoms with Gasteiger partial charge in [0.15, 0.2) is 0 Å². The minimum atomic E-state index is -0.312. The van der Waals surface area contributed by atoms with Crippen molar-refractivity contribution in [2.24, 2.45) is 5.73 Å². The van der Waals surface area contributed by atoms with Crippen LogP contribution in [0.25, 0.3) is 10.9 Å². The van der Waals surface area contributed by atoms with Crippen molar-refractivity contribution in [1.29, 1.82) is 0 Å². The molecule has 0 saturated carbocycles. The number of methoxy groups -OCH3 is 1. The van der Waals surface area contributed by atoms with Crippen molar-refractivity contribution >= 4 is 32.8 Å². The number of nitrogens with zero attached hydrogens (tertiary/aromatic N) is 1. The lowest BCUT2D eigenvalue weighted by molar-refractivity contribution is 0.0601. The number of halogens is 1. The van der Waals surface area contributed by atoms with Gasteiger partial charge in [0.25, 0.3) is 0 Å². The summed E-state index contributed by atoms with van der Waals surface area (Å²) in [5.41, 5.74) is 7.12. The Hall–Kier alpha value is -1.33. The molecule has 0 fully saturated rings. The summed E-state index contributed by atoms with van der Waals surface area (Å²) in [5.74, 6) is -0.312. The summed E-state index contributed by atoms with van der Waals surface area (Å²) in [4.78, 5) is 11.6. The molecule has 0 aliphatic carbocycles. The van der Waals surface area contributed by atoms with Gasteiger partial charge in [-0.2, -0.15) is 0 Å². The molecule has 2 rings (SSSR count). The molecule has 2 aromatic rings. The number of ether oxygens (including phenoxy) is 1. The highest BCUT2D eigenvalue weighted by Gasteiger charge is 2.11. The number of aryl methyl sites for hydroxylation is 1. The molecule has 5 heteroatoms. The van der Waals surface area contributed by atoms with Gasteiger partial charge in [-0.15, -0.1) is 0 Å². The summed E-state index contributed by atoms with van der Waals surface area (Å²) < 4.78 is 7.93. The van der Waals surface area contributed by atoms with Gasteiger partial charge in [0.2, 0.25) is 0 Å². The molecule has 4 nitrogen and oxygen atoms in total. The Morgan fingerprint density at radius 2 is 2.21 bits per heavy atom. The Bertz CT molecular complexity index is 592. The van der Waals surface area contributed by atoms with Gasteiger partial charge in [-0.25, -0.2) is 4.79 Å². The molecule has 1 heterocycles. The molecular formula is C14H17BrN2O2. The topological polar surface area (TPSA) is 57.2 Å². The number of benzene rings is 1. The first-order chi connectivity index (χ1) is 9.17. The Kier molecular flexibility index (Phi) is 4.61. The molecule has 1 aromatic carbocycles. The standard InChI is InChI=1S/C14H17BrN2O2/c1-19-14(18)10-4-5-11-12(15)9-17(13(11)8-10)7-3-2-6-16/h4-5,8-9H,2-3,6-7,16H2,1H3. The quantitative estimate of drug-likeness (QED) is 0.679. The van der Waals surface area contributed by atoms with Crippen molar-refractivity contribution in [2.45, 2.75) is 19.4 Å². The second-order valence-electron chi connectivity index (χ2n) is 4.39. The van der Waals surface area contributed by atoms with E-state index in [4.69, 9.17) is 10.5 Å². The van der Waals surface area contributed by atoms with Gasteiger partial charge in [0.1, 0.15) is 0 Å². The molecule has 0 saturated heterocycles. The van der Waals surface area contributed by atoms with E-state index < -0.39 is 0 Å². The highest BCUT2D eigenvalue weighted by atomic mass is 79.9. The number of hydrogen-bond donors (Lipinski definition) is 1. The van der Waals surface area contributed by atoms with Crippen molar-refractivity contribution < 1.29 is 9.53 Å². The summed E-state index contributed by atoms with van der Waals surface area (Å²) in [6, 6.07) is 5.59. The van der Waals surface area contributed by atoms with E-state index in [2.05, 4.69) is 20.5 Å². The van der Waals surface area contributed by atoms with E-state index in [1.54, 1.807) is 6.07 Å². The van der Waals surface area contributed by atoms with Crippen LogP contribution in [0.5, 0.6) is 0 Å². The zero-order chi connectivity index (χ0) is 13.8. The fraction of sp³-hybridized carbons (Fsp3) is 0.357. The minimum absolute atomic E-state index is 0.312. The zero-order valence-corrected chi connectivity index (χ0v) is 12.4. The van der Waals surface area contributed by atoms with E-state index in [1.165, 1.54) is 7.11 Å². The molecule has 0 aliphatic rings. The van der Waals surface area contributed by atoms with Gasteiger partial charge in [-0.3, -0.25) is 0 Å². The van der Waals surface area contributed by atoms with E-state index in [0.29, 0.717) is 12.1 Å². The molecule has 0 unspecified atom stereocenters. The number of hydrogen-bond acceptors (Lipinski definition) is 3. The van der Waals surface area contributed by atoms with Gasteiger partial charge in [-0.05, 0) is 47.4 Å². The second kappa shape index (κ2) is 6.21. The third kappa shape index (κ3) is 2.98. The minimum Gasteiger partial charge on any atom is -0.465 e. The van der Waals surface area contributed by atoms with Crippen molar-refractivity contribution in [1.82, 2.24) is 4.57 Å². The molecule has 0 aliphatic heterocycles. The molecule has 0 bridgehead atoms. The predicted octanol–water partition coefficient (Wildman–Crippen LogP) is 2.93. The first-order valence-corrected chi connectivity index (χ1v) is 7.03. The SMILES string of the molecule is COC(=O)c1ccc2c(Br)cn(CCCCN)c2c1. The number of carbonyl (C=O) groups is 1. The molecular weight excluding hydrogens is 308 g/mol. The second-order valence-corrected chi connectivity index (χ2v) is 5.24. The lowest BCUT2D eigenvalue weighted by atomic mass is 10.1. The molecule has 0 atom stereocenters. The smallest absolute Gasteiger partial charge is 0.337 e. The van der Waals surface area contributed by atoms with Crippen LogP contribution in [0.1, 0.15) is 23.2 Å². The predicted molar refractivity (Wildman–Crippen MR) is 79.3 cm³/mol. The van der Waals surface area contributed by atoms with Crippen LogP contribution in [0.4, 0.5) is 0 Å². The van der Waals surface area contributed by atoms with Crippen LogP contribution < -0.4 is 5.73 Å². The van der Waals surface area contributed by atoms with Crippen molar-refractivity contribution in [3.8, 4) is 0 Å². The Morgan fingerprint density at radius 1 is 1.42 bits per heavy atom. The Balaban J connectivity index is 2.37. The summed E-state index contributed by atoms with van der Waals surface area (Å²) in [6.07, 6.45) is 4.06. The first-order valence-electron chi connectivity index (χ1n) is 6.24. The molecule has 102 valence electrons. The molecule has 0 radical (unpaired) electrons. The van der Waals surface area contributed by atoms with Crippen LogP contribution in [0.15, 0.2) is 28.9 Å². The molecule has 0 spiro atoms. The number of carbonyl (C=O) groups excluding carboxylic acids is 1. The first kappa shape index (κ1) is 14.1. The van der Waals surface area contributed by atoms with Gasteiger partial charge >= 0.3 is 5.97 Å². The number of aromatic nitrogens is 1. The fourth-order valence-electron chi connectivity index (χ4n) is 2.10. The summed E-state index contributed by atoms with van der Waals surface area (Å²) in [6.45, 7) is 1.59. The average molecular weight is 325 g/mol. The average Bonchev–Trinajstić information content (AvgIpc) is 2.74. The number of nitrogens with two attached hydrogens (primary N) is 1. The maximum atomic E-state index is 11.6. The van der Waals surface area contributed by atoms with Crippen LogP contribution >= 0.6 is 15.9 Å². The Labute approximate surface area is 120 Å². The van der Waals surface area contributed by atoms with Crippen molar-refractivity contribution in [3.63, 3.8) is 0 Å². The summed E-state index contributed by atoms with van der Waals surface area (Å²) >= 11 is 3.54. The summed E-state index contributed by atoms with van der Waals surface area (Å²) in [5, 5.41) is 1.10. The van der Waals surface area contributed by atoms with Crippen LogP contribution in [-0.4, -0.2) is 24.2 Å². The number of rotatable bonds is 5. The monoisotopic (exact) mass is 324 g/mol. The van der Waals surface area contributed by atoms with Crippen LogP contribution in [0.2, 0.25) is 0 Å². The number of unbranched alkanes of at least 4 members (excludes halogenated alkanes) is 1. The molecule has 1 aromatic heterocycles. The molecule has 2 N–H and O–H groups in total. The summed E-state index contributed by atoms with van der Waals surface area (Å²) in [7, 11) is 1.39. The Morgan fingerprint density at radius 3 is 2.89 bits per heavy atom. The van der Waals surface area contributed by atoms with Crippen molar-refractivity contribution in [3.05, 3.63) is 34.4 Å². The van der Waals surface area contributed by atoms with Gasteiger partial charge in [0, 0.05) is 22.6 Å². The van der Waals surface area contributed by atoms with Gasteiger partial charge < -0.3 is 15.0 Å². The van der Waals surface area contributed by atoms with E-state index in [0.717, 1.165) is 34.8 Å². The van der Waals surface area contributed by atoms with Gasteiger partial charge in [0.05, 0.1) is 18.2 Å². The van der Waals surface area contributed by atoms with Crippen molar-refractivity contribution in [2.75, 3.05) is 13.7 Å². The highest BCUT2D eigenvalue weighted by molar-refractivity contribution is 9.10. The highest BCUT2D eigenvalue weighted by Crippen LogP contribution is 2.27. The van der Waals surface area contributed by atoms with Crippen LogP contribution in [0, 0.1) is 0 Å². The molecule has 19 heavy (non-hydrogen) atoms. The van der Waals surface area contributed by atoms with Gasteiger partial charge in [-0.1, -0.05) is 6.07 Å². The normalized spacial score (nSPS) is 10.9. The van der Waals surface area contributed by atoms with Crippen LogP contribution in [0.3, 0.4) is 0 Å². The fourth-order valence-corrected chi connectivity index (χ4v) is 2.69. The zero-order valence-electron chi connectivity index (χ0n) is 10.9. The third-order valence-electron chi connectivity index (χ3n) is 3.11. The third-order valence-corrected chi connectivity index (χ3v) is 3.74. The largest absolute Gasteiger partial charge is 0.465 e. The molecule has 0 amide bonds. The number of esters is 1. The van der Waals surface area contributed by atoms with Crippen LogP contribution in [-0.2, 0) is 11.3 Å². The maximum absolute atomic E-state index is 11.6. The van der Waals surface area contributed by atoms with E-state index >= 15 is 0 Å². The van der Waals surface area contributed by atoms with E-state index in [9.17, 15) is 4.79 Å². The number of fused-ring (bicyclic) bond motifs is 1. The lowest BCUT2D eigenvalue weighted by Crippen LogP contribution is -2.04.